The minimum atomic E-state index is -0.0993. The normalized spacial score (nSPS) is 21.5. The number of hydrogen-bond donors (Lipinski definition) is 1. The van der Waals surface area contributed by atoms with Crippen molar-refractivity contribution in [2.24, 2.45) is 0 Å². The van der Waals surface area contributed by atoms with Crippen molar-refractivity contribution < 1.29 is 4.74 Å². The molecule has 0 saturated carbocycles. The van der Waals surface area contributed by atoms with Gasteiger partial charge in [-0.1, -0.05) is 6.92 Å². The lowest BCUT2D eigenvalue weighted by Gasteiger charge is -2.37. The lowest BCUT2D eigenvalue weighted by Crippen LogP contribution is -2.46. The van der Waals surface area contributed by atoms with E-state index >= 15 is 0 Å². The van der Waals surface area contributed by atoms with E-state index in [4.69, 9.17) is 4.74 Å². The van der Waals surface area contributed by atoms with Crippen molar-refractivity contribution in [3.63, 3.8) is 0 Å². The minimum Gasteiger partial charge on any atom is -0.492 e. The zero-order valence-corrected chi connectivity index (χ0v) is 25.3. The molecule has 12 heteroatoms. The smallest absolute Gasteiger partial charge is 0.350 e. The van der Waals surface area contributed by atoms with Crippen molar-refractivity contribution in [3.8, 4) is 11.4 Å². The van der Waals surface area contributed by atoms with Crippen molar-refractivity contribution in [2.45, 2.75) is 50.7 Å². The molecular formula is C30H39N9O2S. The van der Waals surface area contributed by atoms with Crippen LogP contribution in [-0.2, 0) is 6.54 Å². The van der Waals surface area contributed by atoms with Crippen LogP contribution in [-0.4, -0.2) is 78.8 Å². The highest BCUT2D eigenvalue weighted by atomic mass is 32.2. The molecule has 1 N–H and O–H groups in total. The average Bonchev–Trinajstić information content (AvgIpc) is 3.77. The molecule has 4 aromatic rings. The second-order valence-electron chi connectivity index (χ2n) is 11.2. The molecule has 2 aliphatic rings. The Morgan fingerprint density at radius 2 is 1.55 bits per heavy atom. The van der Waals surface area contributed by atoms with Crippen LogP contribution in [0.4, 0.5) is 11.4 Å². The summed E-state index contributed by atoms with van der Waals surface area (Å²) in [6.45, 7) is 11.4. The van der Waals surface area contributed by atoms with Crippen LogP contribution < -0.4 is 25.5 Å². The first kappa shape index (κ1) is 28.4. The van der Waals surface area contributed by atoms with E-state index in [1.807, 2.05) is 30.8 Å². The van der Waals surface area contributed by atoms with Gasteiger partial charge in [-0.2, -0.15) is 20.1 Å². The third-order valence-corrected chi connectivity index (χ3v) is 9.60. The van der Waals surface area contributed by atoms with Gasteiger partial charge in [-0.25, -0.2) is 14.0 Å². The van der Waals surface area contributed by atoms with E-state index in [0.717, 1.165) is 56.3 Å². The minimum absolute atomic E-state index is 0.0836. The number of nitrogens with zero attached hydrogens (tertiary/aromatic N) is 8. The molecule has 2 aromatic carbocycles. The average molecular weight is 590 g/mol. The van der Waals surface area contributed by atoms with Crippen molar-refractivity contribution >= 4 is 23.1 Å². The van der Waals surface area contributed by atoms with Gasteiger partial charge >= 0.3 is 5.69 Å². The van der Waals surface area contributed by atoms with E-state index in [9.17, 15) is 4.79 Å². The first-order valence-electron chi connectivity index (χ1n) is 14.7. The number of nitrogens with one attached hydrogen (secondary N) is 1. The summed E-state index contributed by atoms with van der Waals surface area (Å²) in [6.07, 6.45) is 5.90. The molecule has 2 saturated heterocycles. The van der Waals surface area contributed by atoms with Gasteiger partial charge in [-0.15, -0.1) is 11.8 Å². The Kier molecular flexibility index (Phi) is 8.25. The van der Waals surface area contributed by atoms with Gasteiger partial charge in [0.05, 0.1) is 41.6 Å². The van der Waals surface area contributed by atoms with E-state index in [0.29, 0.717) is 6.61 Å². The third kappa shape index (κ3) is 6.19. The Labute approximate surface area is 250 Å². The lowest BCUT2D eigenvalue weighted by atomic mass is 10.2. The Morgan fingerprint density at radius 3 is 2.17 bits per heavy atom. The molecule has 42 heavy (non-hydrogen) atoms. The molecule has 2 fully saturated rings. The van der Waals surface area contributed by atoms with E-state index in [-0.39, 0.29) is 22.6 Å². The maximum absolute atomic E-state index is 12.7. The van der Waals surface area contributed by atoms with Gasteiger partial charge in [0.25, 0.3) is 0 Å². The lowest BCUT2D eigenvalue weighted by molar-refractivity contribution is 0.259. The van der Waals surface area contributed by atoms with Gasteiger partial charge < -0.3 is 14.5 Å². The van der Waals surface area contributed by atoms with Crippen molar-refractivity contribution in [1.82, 2.24) is 34.7 Å². The third-order valence-electron chi connectivity index (χ3n) is 8.15. The number of thioether (sulfide) groups is 1. The monoisotopic (exact) mass is 589 g/mol. The number of aromatic nitrogens is 6. The highest BCUT2D eigenvalue weighted by Gasteiger charge is 2.36. The number of ether oxygens (including phenoxy) is 1. The summed E-state index contributed by atoms with van der Waals surface area (Å²) in [5, 5.41) is 16.4. The van der Waals surface area contributed by atoms with Crippen LogP contribution in [0.2, 0.25) is 0 Å². The van der Waals surface area contributed by atoms with Crippen molar-refractivity contribution in [1.29, 1.82) is 0 Å². The van der Waals surface area contributed by atoms with Gasteiger partial charge in [-0.3, -0.25) is 5.32 Å². The summed E-state index contributed by atoms with van der Waals surface area (Å²) in [5.41, 5.74) is 3.12. The molecule has 0 radical (unpaired) electrons. The van der Waals surface area contributed by atoms with Crippen LogP contribution in [0.1, 0.15) is 33.2 Å². The second kappa shape index (κ2) is 12.2. The fraction of sp³-hybridized carbons (Fsp3) is 0.467. The summed E-state index contributed by atoms with van der Waals surface area (Å²) < 4.78 is 9.30. The molecular weight excluding hydrogens is 550 g/mol. The predicted octanol–water partition coefficient (Wildman–Crippen LogP) is 3.42. The molecule has 0 spiro atoms. The largest absolute Gasteiger partial charge is 0.492 e. The quantitative estimate of drug-likeness (QED) is 0.298. The molecule has 2 aromatic heterocycles. The topological polar surface area (TPSA) is 98.3 Å². The summed E-state index contributed by atoms with van der Waals surface area (Å²) in [7, 11) is 0. The summed E-state index contributed by atoms with van der Waals surface area (Å²) in [6, 6.07) is 17.0. The zero-order chi connectivity index (χ0) is 29.1. The van der Waals surface area contributed by atoms with E-state index in [1.54, 1.807) is 32.8 Å². The van der Waals surface area contributed by atoms with Crippen LogP contribution in [0.3, 0.4) is 0 Å². The van der Waals surface area contributed by atoms with Crippen molar-refractivity contribution in [3.05, 3.63) is 77.7 Å². The molecule has 222 valence electrons. The Hall–Kier alpha value is -3.77. The van der Waals surface area contributed by atoms with Crippen LogP contribution >= 0.6 is 11.8 Å². The van der Waals surface area contributed by atoms with E-state index in [1.165, 1.54) is 11.4 Å². The predicted molar refractivity (Wildman–Crippen MR) is 167 cm³/mol. The second-order valence-corrected chi connectivity index (χ2v) is 12.7. The van der Waals surface area contributed by atoms with Gasteiger partial charge in [-0.05, 0) is 68.8 Å². The van der Waals surface area contributed by atoms with Gasteiger partial charge in [0.2, 0.25) is 0 Å². The molecule has 2 aliphatic heterocycles. The first-order valence-corrected chi connectivity index (χ1v) is 15.6. The Bertz CT molecular complexity index is 1500. The van der Waals surface area contributed by atoms with Crippen LogP contribution in [0.5, 0.6) is 5.75 Å². The highest BCUT2D eigenvalue weighted by molar-refractivity contribution is 8.00. The fourth-order valence-corrected chi connectivity index (χ4v) is 6.75. The van der Waals surface area contributed by atoms with Crippen LogP contribution in [0, 0.1) is 0 Å². The molecule has 1 unspecified atom stereocenters. The molecule has 0 bridgehead atoms. The van der Waals surface area contributed by atoms with E-state index < -0.39 is 0 Å². The van der Waals surface area contributed by atoms with Crippen molar-refractivity contribution in [2.75, 3.05) is 48.3 Å². The van der Waals surface area contributed by atoms with Gasteiger partial charge in [0, 0.05) is 43.3 Å². The zero-order valence-electron chi connectivity index (χ0n) is 24.5. The summed E-state index contributed by atoms with van der Waals surface area (Å²) in [5.74, 6) is 1.88. The number of rotatable bonds is 10. The SMILES string of the molecule is CCC(C)n1ncn(-c2ccc(N3CCN(c4ccc(OC[C@H]5CS[C@@](C)(Cn6nccn6)N5)cc4)CC3)cc2)c1=O. The summed E-state index contributed by atoms with van der Waals surface area (Å²) in [4.78, 5) is 19.2. The number of hydrogen-bond acceptors (Lipinski definition) is 9. The number of piperazine rings is 1. The van der Waals surface area contributed by atoms with Gasteiger partial charge in [0.1, 0.15) is 18.7 Å². The highest BCUT2D eigenvalue weighted by Crippen LogP contribution is 2.32. The number of anilines is 2. The first-order chi connectivity index (χ1) is 20.4. The van der Waals surface area contributed by atoms with E-state index in [2.05, 4.69) is 80.7 Å². The Balaban J connectivity index is 0.977. The summed E-state index contributed by atoms with van der Waals surface area (Å²) >= 11 is 1.89. The number of benzene rings is 2. The molecule has 0 aliphatic carbocycles. The molecule has 6 rings (SSSR count). The van der Waals surface area contributed by atoms with Gasteiger partial charge in [0.15, 0.2) is 0 Å². The Morgan fingerprint density at radius 1 is 0.952 bits per heavy atom. The standard InChI is InChI=1S/C30H39N9O2S/c1-4-23(2)39-29(40)37(22-33-39)27-7-5-25(6-8-27)35-15-17-36(18-16-35)26-9-11-28(12-10-26)41-19-24-20-42-30(3,34-24)21-38-31-13-14-32-38/h5-14,22-24,34H,4,15-21H2,1-3H3/t23?,24-,30-/m0/s1. The molecule has 11 nitrogen and oxygen atoms in total. The van der Waals surface area contributed by atoms with Crippen LogP contribution in [0.15, 0.2) is 72.0 Å². The molecule has 4 heterocycles. The molecule has 0 amide bonds. The molecule has 3 atom stereocenters. The maximum Gasteiger partial charge on any atom is 0.350 e. The van der Waals surface area contributed by atoms with Crippen LogP contribution in [0.25, 0.3) is 5.69 Å². The maximum atomic E-state index is 12.7. The fourth-order valence-electron chi connectivity index (χ4n) is 5.54.